The molecule has 1 rings (SSSR count). The molecule has 0 aliphatic rings. The summed E-state index contributed by atoms with van der Waals surface area (Å²) in [7, 11) is 0. The molecule has 0 fully saturated rings. The second-order valence-electron chi connectivity index (χ2n) is 3.80. The predicted octanol–water partition coefficient (Wildman–Crippen LogP) is 1.09. The largest absolute Gasteiger partial charge is 0.479 e. The Labute approximate surface area is 109 Å². The molecule has 0 saturated carbocycles. The van der Waals surface area contributed by atoms with Gasteiger partial charge < -0.3 is 15.3 Å². The van der Waals surface area contributed by atoms with E-state index in [9.17, 15) is 33.2 Å². The number of hydrogen-bond acceptors (Lipinski definition) is 5. The van der Waals surface area contributed by atoms with Crippen LogP contribution < -0.4 is 0 Å². The number of carboxylic acids is 1. The second-order valence-corrected chi connectivity index (χ2v) is 3.80. The maximum Gasteiger partial charge on any atom is 0.416 e. The Morgan fingerprint density at radius 2 is 1.80 bits per heavy atom. The van der Waals surface area contributed by atoms with Gasteiger partial charge in [0.15, 0.2) is 6.10 Å². The number of hydrogen-bond donors (Lipinski definition) is 3. The molecule has 0 saturated heterocycles. The molecule has 110 valence electrons. The summed E-state index contributed by atoms with van der Waals surface area (Å²) in [6.07, 6.45) is -9.55. The zero-order valence-electron chi connectivity index (χ0n) is 9.53. The third-order valence-electron chi connectivity index (χ3n) is 2.37. The quantitative estimate of drug-likeness (QED) is 0.565. The van der Waals surface area contributed by atoms with Gasteiger partial charge in [0.2, 0.25) is 0 Å². The summed E-state index contributed by atoms with van der Waals surface area (Å²) in [4.78, 5) is 19.9. The summed E-state index contributed by atoms with van der Waals surface area (Å²) in [5.41, 5.74) is -3.13. The first kappa shape index (κ1) is 15.9. The number of aliphatic hydroxyl groups is 2. The highest BCUT2D eigenvalue weighted by Gasteiger charge is 2.35. The molecule has 0 amide bonds. The minimum Gasteiger partial charge on any atom is -0.479 e. The summed E-state index contributed by atoms with van der Waals surface area (Å²) in [5, 5.41) is 37.5. The van der Waals surface area contributed by atoms with Crippen molar-refractivity contribution < 1.29 is 38.2 Å². The lowest BCUT2D eigenvalue weighted by Gasteiger charge is -2.16. The first-order valence-electron chi connectivity index (χ1n) is 4.99. The maximum absolute atomic E-state index is 12.6. The second kappa shape index (κ2) is 5.43. The van der Waals surface area contributed by atoms with E-state index in [1.54, 1.807) is 0 Å². The molecule has 20 heavy (non-hydrogen) atoms. The fourth-order valence-corrected chi connectivity index (χ4v) is 1.39. The van der Waals surface area contributed by atoms with Gasteiger partial charge in [0.25, 0.3) is 5.69 Å². The van der Waals surface area contributed by atoms with Crippen molar-refractivity contribution in [3.63, 3.8) is 0 Å². The predicted molar refractivity (Wildman–Crippen MR) is 56.7 cm³/mol. The lowest BCUT2D eigenvalue weighted by atomic mass is 10.0. The van der Waals surface area contributed by atoms with E-state index in [4.69, 9.17) is 10.2 Å². The Bertz CT molecular complexity index is 544. The molecule has 0 bridgehead atoms. The summed E-state index contributed by atoms with van der Waals surface area (Å²) < 4.78 is 37.7. The van der Waals surface area contributed by atoms with Crippen LogP contribution in [0, 0.1) is 10.1 Å². The molecule has 1 aromatic rings. The average molecular weight is 295 g/mol. The van der Waals surface area contributed by atoms with Crippen molar-refractivity contribution in [3.8, 4) is 0 Å². The molecule has 0 aromatic heterocycles. The van der Waals surface area contributed by atoms with Crippen LogP contribution in [0.25, 0.3) is 0 Å². The molecule has 0 heterocycles. The molecular weight excluding hydrogens is 287 g/mol. The highest BCUT2D eigenvalue weighted by atomic mass is 19.4. The highest BCUT2D eigenvalue weighted by Crippen LogP contribution is 2.34. The van der Waals surface area contributed by atoms with Crippen LogP contribution in [0.1, 0.15) is 17.2 Å². The van der Waals surface area contributed by atoms with Crippen LogP contribution in [0.2, 0.25) is 0 Å². The molecule has 1 aromatic carbocycles. The maximum atomic E-state index is 12.6. The van der Waals surface area contributed by atoms with Gasteiger partial charge in [0.05, 0.1) is 10.5 Å². The van der Waals surface area contributed by atoms with Crippen molar-refractivity contribution in [1.29, 1.82) is 0 Å². The number of alkyl halides is 3. The first-order valence-corrected chi connectivity index (χ1v) is 4.99. The van der Waals surface area contributed by atoms with Crippen molar-refractivity contribution in [2.45, 2.75) is 18.4 Å². The number of non-ortho nitro benzene ring substituents is 1. The van der Waals surface area contributed by atoms with Crippen LogP contribution in [0.4, 0.5) is 18.9 Å². The van der Waals surface area contributed by atoms with E-state index < -0.39 is 46.1 Å². The number of nitro groups is 1. The molecular formula is C10H8F3NO6. The Morgan fingerprint density at radius 3 is 2.20 bits per heavy atom. The SMILES string of the molecule is O=C(O)C(O)C(O)c1cc([N+](=O)[O-])cc(C(F)(F)F)c1. The van der Waals surface area contributed by atoms with E-state index in [1.807, 2.05) is 0 Å². The lowest BCUT2D eigenvalue weighted by molar-refractivity contribution is -0.385. The summed E-state index contributed by atoms with van der Waals surface area (Å²) in [5.74, 6) is -1.88. The van der Waals surface area contributed by atoms with E-state index in [1.165, 1.54) is 0 Å². The number of benzene rings is 1. The smallest absolute Gasteiger partial charge is 0.416 e. The Kier molecular flexibility index (Phi) is 4.30. The van der Waals surface area contributed by atoms with Crippen LogP contribution in [0.3, 0.4) is 0 Å². The van der Waals surface area contributed by atoms with Gasteiger partial charge in [-0.15, -0.1) is 0 Å². The standard InChI is InChI=1S/C10H8F3NO6/c11-10(12,13)5-1-4(2-6(3-5)14(19)20)7(15)8(16)9(17)18/h1-3,7-8,15-16H,(H,17,18). The van der Waals surface area contributed by atoms with Gasteiger partial charge in [-0.25, -0.2) is 4.79 Å². The van der Waals surface area contributed by atoms with Crippen molar-refractivity contribution in [3.05, 3.63) is 39.4 Å². The topological polar surface area (TPSA) is 121 Å². The number of halogens is 3. The normalized spacial score (nSPS) is 14.7. The van der Waals surface area contributed by atoms with Gasteiger partial charge in [-0.3, -0.25) is 10.1 Å². The third-order valence-corrected chi connectivity index (χ3v) is 2.37. The summed E-state index contributed by atoms with van der Waals surface area (Å²) >= 11 is 0. The van der Waals surface area contributed by atoms with Crippen LogP contribution >= 0.6 is 0 Å². The molecule has 0 aliphatic heterocycles. The zero-order chi connectivity index (χ0) is 15.7. The van der Waals surface area contributed by atoms with Gasteiger partial charge >= 0.3 is 12.1 Å². The average Bonchev–Trinajstić information content (AvgIpc) is 2.35. The van der Waals surface area contributed by atoms with Crippen LogP contribution in [-0.2, 0) is 11.0 Å². The number of carbonyl (C=O) groups is 1. The molecule has 0 spiro atoms. The summed E-state index contributed by atoms with van der Waals surface area (Å²) in [6.45, 7) is 0. The molecule has 3 N–H and O–H groups in total. The monoisotopic (exact) mass is 295 g/mol. The summed E-state index contributed by atoms with van der Waals surface area (Å²) in [6, 6.07) is 1.14. The molecule has 10 heteroatoms. The Balaban J connectivity index is 3.36. The van der Waals surface area contributed by atoms with Gasteiger partial charge in [-0.2, -0.15) is 13.2 Å². The number of nitro benzene ring substituents is 1. The van der Waals surface area contributed by atoms with Gasteiger partial charge in [-0.05, 0) is 11.6 Å². The number of carboxylic acid groups (broad SMARTS) is 1. The number of aliphatic hydroxyl groups excluding tert-OH is 2. The molecule has 0 aliphatic carbocycles. The van der Waals surface area contributed by atoms with E-state index >= 15 is 0 Å². The van der Waals surface area contributed by atoms with Crippen LogP contribution in [0.5, 0.6) is 0 Å². The van der Waals surface area contributed by atoms with Crippen molar-refractivity contribution >= 4 is 11.7 Å². The lowest BCUT2D eigenvalue weighted by Crippen LogP contribution is -2.27. The van der Waals surface area contributed by atoms with Crippen molar-refractivity contribution in [2.75, 3.05) is 0 Å². The Morgan fingerprint density at radius 1 is 1.25 bits per heavy atom. The van der Waals surface area contributed by atoms with E-state index in [-0.39, 0.29) is 6.07 Å². The fourth-order valence-electron chi connectivity index (χ4n) is 1.39. The molecule has 2 atom stereocenters. The minimum absolute atomic E-state index is 0.239. The third kappa shape index (κ3) is 3.42. The van der Waals surface area contributed by atoms with E-state index in [0.717, 1.165) is 0 Å². The number of rotatable bonds is 4. The fraction of sp³-hybridized carbons (Fsp3) is 0.300. The number of aliphatic carboxylic acids is 1. The Hall–Kier alpha value is -2.20. The molecule has 7 nitrogen and oxygen atoms in total. The van der Waals surface area contributed by atoms with Gasteiger partial charge in [-0.1, -0.05) is 0 Å². The van der Waals surface area contributed by atoms with Crippen molar-refractivity contribution in [1.82, 2.24) is 0 Å². The van der Waals surface area contributed by atoms with E-state index in [2.05, 4.69) is 0 Å². The van der Waals surface area contributed by atoms with Gasteiger partial charge in [0.1, 0.15) is 6.10 Å². The number of nitrogens with zero attached hydrogens (tertiary/aromatic N) is 1. The van der Waals surface area contributed by atoms with E-state index in [0.29, 0.717) is 12.1 Å². The highest BCUT2D eigenvalue weighted by molar-refractivity contribution is 5.73. The minimum atomic E-state index is -4.92. The zero-order valence-corrected chi connectivity index (χ0v) is 9.53. The van der Waals surface area contributed by atoms with Crippen molar-refractivity contribution in [2.24, 2.45) is 0 Å². The molecule has 2 unspecified atom stereocenters. The van der Waals surface area contributed by atoms with Crippen LogP contribution in [0.15, 0.2) is 18.2 Å². The van der Waals surface area contributed by atoms with Gasteiger partial charge in [0, 0.05) is 12.1 Å². The molecule has 0 radical (unpaired) electrons. The first-order chi connectivity index (χ1) is 9.04. The van der Waals surface area contributed by atoms with Crippen LogP contribution in [-0.4, -0.2) is 32.3 Å².